The number of Topliss-reactive ketones (excluding diaryl/α,β-unsaturated/α-hetero) is 1. The Balaban J connectivity index is 1.30. The van der Waals surface area contributed by atoms with Crippen molar-refractivity contribution >= 4 is 5.78 Å². The zero-order valence-electron chi connectivity index (χ0n) is 18.9. The van der Waals surface area contributed by atoms with E-state index in [2.05, 4.69) is 18.8 Å². The van der Waals surface area contributed by atoms with E-state index in [-0.39, 0.29) is 17.4 Å². The van der Waals surface area contributed by atoms with Crippen LogP contribution >= 0.6 is 0 Å². The minimum Gasteiger partial charge on any atom is -0.393 e. The number of aromatic nitrogens is 1. The number of carbonyl (C=O) groups excluding carboxylic acids is 1. The molecule has 0 amide bonds. The van der Waals surface area contributed by atoms with Gasteiger partial charge in [0.25, 0.3) is 0 Å². The maximum Gasteiger partial charge on any atom is 0.136 e. The highest BCUT2D eigenvalue weighted by atomic mass is 16.3. The van der Waals surface area contributed by atoms with Gasteiger partial charge in [0, 0.05) is 24.7 Å². The van der Waals surface area contributed by atoms with Crippen molar-refractivity contribution in [1.82, 2.24) is 4.98 Å². The van der Waals surface area contributed by atoms with E-state index < -0.39 is 0 Å². The summed E-state index contributed by atoms with van der Waals surface area (Å²) in [5.74, 6) is 3.84. The van der Waals surface area contributed by atoms with Crippen molar-refractivity contribution < 1.29 is 9.90 Å². The largest absolute Gasteiger partial charge is 0.393 e. The second-order valence-electron chi connectivity index (χ2n) is 11.6. The van der Waals surface area contributed by atoms with Gasteiger partial charge in [0.05, 0.1) is 6.10 Å². The van der Waals surface area contributed by atoms with Crippen molar-refractivity contribution in [3.05, 3.63) is 30.1 Å². The number of ketones is 1. The van der Waals surface area contributed by atoms with Gasteiger partial charge in [0.1, 0.15) is 5.78 Å². The average Bonchev–Trinajstić information content (AvgIpc) is 3.10. The van der Waals surface area contributed by atoms with Crippen LogP contribution in [0.5, 0.6) is 0 Å². The average molecular weight is 410 g/mol. The molecule has 164 valence electrons. The van der Waals surface area contributed by atoms with E-state index in [9.17, 15) is 9.90 Å². The van der Waals surface area contributed by atoms with Gasteiger partial charge in [-0.3, -0.25) is 9.78 Å². The molecule has 30 heavy (non-hydrogen) atoms. The highest BCUT2D eigenvalue weighted by Gasteiger charge is 2.60. The van der Waals surface area contributed by atoms with E-state index in [4.69, 9.17) is 0 Å². The first-order valence-electron chi connectivity index (χ1n) is 12.5. The lowest BCUT2D eigenvalue weighted by atomic mass is 9.44. The predicted octanol–water partition coefficient (Wildman–Crippen LogP) is 5.60. The topological polar surface area (TPSA) is 50.2 Å². The summed E-state index contributed by atoms with van der Waals surface area (Å²) in [6.07, 6.45) is 15.9. The SMILES string of the molecule is C[C@]12CC[C@@H](O)C[C@H]1CC[C@@H]1[C@@H]2CC[C@]2(C)[C@@H](C(=O)CCc3ccncc3)CC[C@@H]12. The Morgan fingerprint density at radius 3 is 2.53 bits per heavy atom. The Bertz CT molecular complexity index is 778. The molecule has 1 aromatic rings. The number of nitrogens with zero attached hydrogens (tertiary/aromatic N) is 1. The molecule has 0 unspecified atom stereocenters. The minimum absolute atomic E-state index is 0.0673. The van der Waals surface area contributed by atoms with Crippen molar-refractivity contribution in [3.8, 4) is 0 Å². The van der Waals surface area contributed by atoms with Crippen LogP contribution in [0.3, 0.4) is 0 Å². The number of carbonyl (C=O) groups is 1. The molecule has 0 spiro atoms. The summed E-state index contributed by atoms with van der Waals surface area (Å²) in [6.45, 7) is 5.02. The standard InChI is InChI=1S/C27H39NO2/c1-26-13-9-20(29)17-19(26)4-5-21-22-6-7-24(27(22,2)14-10-23(21)26)25(30)8-3-18-11-15-28-16-12-18/h11-12,15-16,19-24,29H,3-10,13-14,17H2,1-2H3/t19-,20-,21+,22+,23+,24-,26+,27+/m1/s1. The molecule has 0 aliphatic heterocycles. The van der Waals surface area contributed by atoms with E-state index in [0.29, 0.717) is 23.5 Å². The number of hydrogen-bond acceptors (Lipinski definition) is 3. The first-order valence-corrected chi connectivity index (χ1v) is 12.5. The van der Waals surface area contributed by atoms with Crippen LogP contribution in [0.2, 0.25) is 0 Å². The summed E-state index contributed by atoms with van der Waals surface area (Å²) in [6, 6.07) is 4.08. The maximum absolute atomic E-state index is 13.3. The molecule has 0 bridgehead atoms. The van der Waals surface area contributed by atoms with Crippen molar-refractivity contribution in [2.24, 2.45) is 40.4 Å². The molecule has 8 atom stereocenters. The molecular formula is C27H39NO2. The lowest BCUT2D eigenvalue weighted by Crippen LogP contribution is -2.54. The monoisotopic (exact) mass is 409 g/mol. The second-order valence-corrected chi connectivity index (χ2v) is 11.6. The summed E-state index contributed by atoms with van der Waals surface area (Å²) < 4.78 is 0. The molecule has 1 aromatic heterocycles. The van der Waals surface area contributed by atoms with Gasteiger partial charge in [-0.2, -0.15) is 0 Å². The Morgan fingerprint density at radius 2 is 1.73 bits per heavy atom. The van der Waals surface area contributed by atoms with E-state index in [1.807, 2.05) is 24.5 Å². The van der Waals surface area contributed by atoms with Crippen LogP contribution in [0.4, 0.5) is 0 Å². The van der Waals surface area contributed by atoms with Crippen molar-refractivity contribution in [3.63, 3.8) is 0 Å². The molecule has 1 heterocycles. The van der Waals surface area contributed by atoms with Crippen LogP contribution in [-0.2, 0) is 11.2 Å². The molecular weight excluding hydrogens is 370 g/mol. The van der Waals surface area contributed by atoms with E-state index in [1.54, 1.807) is 0 Å². The van der Waals surface area contributed by atoms with E-state index in [1.165, 1.54) is 44.1 Å². The fraction of sp³-hybridized carbons (Fsp3) is 0.778. The highest BCUT2D eigenvalue weighted by Crippen LogP contribution is 2.67. The summed E-state index contributed by atoms with van der Waals surface area (Å²) in [4.78, 5) is 17.4. The molecule has 0 aromatic carbocycles. The number of aliphatic hydroxyl groups is 1. The van der Waals surface area contributed by atoms with Crippen LogP contribution in [0, 0.1) is 40.4 Å². The van der Waals surface area contributed by atoms with Gasteiger partial charge in [-0.05, 0) is 116 Å². The van der Waals surface area contributed by atoms with Crippen LogP contribution in [0.25, 0.3) is 0 Å². The number of rotatable bonds is 4. The summed E-state index contributed by atoms with van der Waals surface area (Å²) in [5, 5.41) is 10.2. The molecule has 0 radical (unpaired) electrons. The fourth-order valence-electron chi connectivity index (χ4n) is 8.76. The first-order chi connectivity index (χ1) is 14.4. The summed E-state index contributed by atoms with van der Waals surface area (Å²) >= 11 is 0. The third kappa shape index (κ3) is 3.27. The Labute approximate surface area is 182 Å². The molecule has 4 aliphatic rings. The molecule has 1 N–H and O–H groups in total. The maximum atomic E-state index is 13.3. The van der Waals surface area contributed by atoms with Crippen molar-refractivity contribution in [2.45, 2.75) is 90.6 Å². The van der Waals surface area contributed by atoms with Gasteiger partial charge < -0.3 is 5.11 Å². The van der Waals surface area contributed by atoms with E-state index in [0.717, 1.165) is 43.4 Å². The summed E-state index contributed by atoms with van der Waals surface area (Å²) in [7, 11) is 0. The van der Waals surface area contributed by atoms with Crippen LogP contribution in [-0.4, -0.2) is 22.0 Å². The first kappa shape index (κ1) is 20.7. The number of hydrogen-bond donors (Lipinski definition) is 1. The Hall–Kier alpha value is -1.22. The molecule has 5 rings (SSSR count). The lowest BCUT2D eigenvalue weighted by Gasteiger charge is -2.60. The fourth-order valence-corrected chi connectivity index (χ4v) is 8.76. The molecule has 3 nitrogen and oxygen atoms in total. The van der Waals surface area contributed by atoms with E-state index >= 15 is 0 Å². The third-order valence-corrected chi connectivity index (χ3v) is 10.4. The van der Waals surface area contributed by atoms with Crippen molar-refractivity contribution in [1.29, 1.82) is 0 Å². The molecule has 3 heteroatoms. The normalized spacial score (nSPS) is 45.3. The van der Waals surface area contributed by atoms with Gasteiger partial charge in [0.15, 0.2) is 0 Å². The van der Waals surface area contributed by atoms with Gasteiger partial charge in [-0.25, -0.2) is 0 Å². The zero-order chi connectivity index (χ0) is 20.9. The quantitative estimate of drug-likeness (QED) is 0.704. The van der Waals surface area contributed by atoms with Crippen LogP contribution in [0.1, 0.15) is 83.6 Å². The second kappa shape index (κ2) is 7.73. The molecule has 4 fully saturated rings. The van der Waals surface area contributed by atoms with Gasteiger partial charge in [-0.15, -0.1) is 0 Å². The van der Waals surface area contributed by atoms with Crippen LogP contribution < -0.4 is 0 Å². The van der Waals surface area contributed by atoms with Gasteiger partial charge in [0.2, 0.25) is 0 Å². The van der Waals surface area contributed by atoms with Crippen molar-refractivity contribution in [2.75, 3.05) is 0 Å². The Kier molecular flexibility index (Phi) is 5.32. The van der Waals surface area contributed by atoms with Gasteiger partial charge >= 0.3 is 0 Å². The number of aliphatic hydroxyl groups excluding tert-OH is 1. The number of fused-ring (bicyclic) bond motifs is 5. The molecule has 4 aliphatic carbocycles. The third-order valence-electron chi connectivity index (χ3n) is 10.4. The number of pyridine rings is 1. The van der Waals surface area contributed by atoms with Gasteiger partial charge in [-0.1, -0.05) is 13.8 Å². The lowest BCUT2D eigenvalue weighted by molar-refractivity contribution is -0.139. The predicted molar refractivity (Wildman–Crippen MR) is 119 cm³/mol. The molecule has 4 saturated carbocycles. The highest BCUT2D eigenvalue weighted by molar-refractivity contribution is 5.82. The van der Waals surface area contributed by atoms with Crippen LogP contribution in [0.15, 0.2) is 24.5 Å². The Morgan fingerprint density at radius 1 is 1.00 bits per heavy atom. The minimum atomic E-state index is -0.0673. The number of aryl methyl sites for hydroxylation is 1. The smallest absolute Gasteiger partial charge is 0.136 e. The summed E-state index contributed by atoms with van der Waals surface area (Å²) in [5.41, 5.74) is 1.87. The molecule has 0 saturated heterocycles. The zero-order valence-corrected chi connectivity index (χ0v) is 18.9.